The van der Waals surface area contributed by atoms with E-state index in [0.717, 1.165) is 6.42 Å². The van der Waals surface area contributed by atoms with Gasteiger partial charge in [-0.1, -0.05) is 41.0 Å². The number of hydrogen-bond donors (Lipinski definition) is 2. The van der Waals surface area contributed by atoms with Crippen LogP contribution in [0.3, 0.4) is 0 Å². The molecule has 0 aliphatic heterocycles. The molecule has 0 saturated heterocycles. The highest BCUT2D eigenvalue weighted by atomic mass is 16.2. The van der Waals surface area contributed by atoms with Crippen molar-refractivity contribution in [1.29, 1.82) is 0 Å². The van der Waals surface area contributed by atoms with Crippen LogP contribution < -0.4 is 11.1 Å². The number of rotatable bonds is 4. The molecular weight excluding hydrogens is 176 g/mol. The molecule has 0 bridgehead atoms. The van der Waals surface area contributed by atoms with Gasteiger partial charge in [-0.3, -0.25) is 4.79 Å². The van der Waals surface area contributed by atoms with Crippen LogP contribution in [-0.4, -0.2) is 18.5 Å². The number of carbonyl (C=O) groups is 1. The Hall–Kier alpha value is -0.570. The lowest BCUT2D eigenvalue weighted by atomic mass is 9.95. The summed E-state index contributed by atoms with van der Waals surface area (Å²) in [5.74, 6) is 0.212. The van der Waals surface area contributed by atoms with E-state index in [2.05, 4.69) is 26.1 Å². The van der Waals surface area contributed by atoms with E-state index in [4.69, 9.17) is 5.73 Å². The van der Waals surface area contributed by atoms with Gasteiger partial charge in [0.15, 0.2) is 0 Å². The number of hydrogen-bond acceptors (Lipinski definition) is 2. The summed E-state index contributed by atoms with van der Waals surface area (Å²) in [4.78, 5) is 11.6. The first-order valence-electron chi connectivity index (χ1n) is 5.31. The van der Waals surface area contributed by atoms with Gasteiger partial charge in [0.1, 0.15) is 0 Å². The van der Waals surface area contributed by atoms with E-state index in [-0.39, 0.29) is 23.3 Å². The minimum atomic E-state index is -0.373. The zero-order valence-electron chi connectivity index (χ0n) is 10.1. The minimum Gasteiger partial charge on any atom is -0.354 e. The van der Waals surface area contributed by atoms with Crippen LogP contribution in [0.5, 0.6) is 0 Å². The van der Waals surface area contributed by atoms with Crippen molar-refractivity contribution in [3.63, 3.8) is 0 Å². The van der Waals surface area contributed by atoms with Crippen molar-refractivity contribution in [2.24, 2.45) is 17.1 Å². The summed E-state index contributed by atoms with van der Waals surface area (Å²) < 4.78 is 0. The van der Waals surface area contributed by atoms with Gasteiger partial charge in [-0.2, -0.15) is 0 Å². The summed E-state index contributed by atoms with van der Waals surface area (Å²) >= 11 is 0. The van der Waals surface area contributed by atoms with Crippen LogP contribution in [0.25, 0.3) is 0 Å². The summed E-state index contributed by atoms with van der Waals surface area (Å²) in [5.41, 5.74) is 5.90. The van der Waals surface area contributed by atoms with E-state index in [1.807, 2.05) is 13.8 Å². The lowest BCUT2D eigenvalue weighted by Crippen LogP contribution is -2.46. The third-order valence-electron chi connectivity index (χ3n) is 2.35. The quantitative estimate of drug-likeness (QED) is 0.723. The van der Waals surface area contributed by atoms with Gasteiger partial charge in [0.05, 0.1) is 6.04 Å². The van der Waals surface area contributed by atoms with Crippen LogP contribution in [0.2, 0.25) is 0 Å². The van der Waals surface area contributed by atoms with Crippen molar-refractivity contribution in [1.82, 2.24) is 5.32 Å². The second kappa shape index (κ2) is 5.35. The van der Waals surface area contributed by atoms with E-state index >= 15 is 0 Å². The Morgan fingerprint density at radius 1 is 1.43 bits per heavy atom. The zero-order valence-corrected chi connectivity index (χ0v) is 10.1. The molecular formula is C11H24N2O. The molecule has 0 aromatic carbocycles. The molecule has 3 N–H and O–H groups in total. The SMILES string of the molecule is CCC(C)C(N)C(=O)NCC(C)(C)C. The van der Waals surface area contributed by atoms with Gasteiger partial charge < -0.3 is 11.1 Å². The highest BCUT2D eigenvalue weighted by molar-refractivity contribution is 5.81. The van der Waals surface area contributed by atoms with Crippen molar-refractivity contribution in [2.45, 2.75) is 47.1 Å². The molecule has 0 aromatic heterocycles. The van der Waals surface area contributed by atoms with Gasteiger partial charge >= 0.3 is 0 Å². The van der Waals surface area contributed by atoms with Crippen molar-refractivity contribution in [3.05, 3.63) is 0 Å². The molecule has 2 atom stereocenters. The first kappa shape index (κ1) is 13.4. The van der Waals surface area contributed by atoms with Crippen LogP contribution in [-0.2, 0) is 4.79 Å². The maximum absolute atomic E-state index is 11.6. The average molecular weight is 200 g/mol. The van der Waals surface area contributed by atoms with Gasteiger partial charge in [0, 0.05) is 6.54 Å². The minimum absolute atomic E-state index is 0.0331. The standard InChI is InChI=1S/C11H24N2O/c1-6-8(2)9(12)10(14)13-7-11(3,4)5/h8-9H,6-7,12H2,1-5H3,(H,13,14). The number of amides is 1. The Morgan fingerprint density at radius 2 is 1.93 bits per heavy atom. The molecule has 2 unspecified atom stereocenters. The second-order valence-corrected chi connectivity index (χ2v) is 5.19. The second-order valence-electron chi connectivity index (χ2n) is 5.19. The third kappa shape index (κ3) is 5.22. The van der Waals surface area contributed by atoms with Gasteiger partial charge in [-0.25, -0.2) is 0 Å². The van der Waals surface area contributed by atoms with E-state index in [1.54, 1.807) is 0 Å². The molecule has 0 aliphatic rings. The number of nitrogens with one attached hydrogen (secondary N) is 1. The molecule has 0 heterocycles. The Bertz CT molecular complexity index is 184. The fraction of sp³-hybridized carbons (Fsp3) is 0.909. The van der Waals surface area contributed by atoms with Crippen molar-refractivity contribution in [3.8, 4) is 0 Å². The molecule has 0 radical (unpaired) electrons. The average Bonchev–Trinajstić information content (AvgIpc) is 2.10. The lowest BCUT2D eigenvalue weighted by molar-refractivity contribution is -0.123. The first-order valence-corrected chi connectivity index (χ1v) is 5.31. The molecule has 14 heavy (non-hydrogen) atoms. The fourth-order valence-electron chi connectivity index (χ4n) is 0.982. The summed E-state index contributed by atoms with van der Waals surface area (Å²) in [6.07, 6.45) is 0.935. The van der Waals surface area contributed by atoms with Gasteiger partial charge in [-0.05, 0) is 11.3 Å². The van der Waals surface area contributed by atoms with E-state index in [1.165, 1.54) is 0 Å². The first-order chi connectivity index (χ1) is 6.28. The van der Waals surface area contributed by atoms with Crippen LogP contribution in [0.1, 0.15) is 41.0 Å². The maximum atomic E-state index is 11.6. The van der Waals surface area contributed by atoms with Crippen molar-refractivity contribution < 1.29 is 4.79 Å². The fourth-order valence-corrected chi connectivity index (χ4v) is 0.982. The molecule has 3 nitrogen and oxygen atoms in total. The molecule has 1 amide bonds. The zero-order chi connectivity index (χ0) is 11.4. The summed E-state index contributed by atoms with van der Waals surface area (Å²) in [6, 6.07) is -0.373. The molecule has 0 aliphatic carbocycles. The van der Waals surface area contributed by atoms with Crippen molar-refractivity contribution in [2.75, 3.05) is 6.54 Å². The Balaban J connectivity index is 3.97. The van der Waals surface area contributed by atoms with Crippen molar-refractivity contribution >= 4 is 5.91 Å². The van der Waals surface area contributed by atoms with E-state index < -0.39 is 0 Å². The van der Waals surface area contributed by atoms with Crippen LogP contribution in [0.4, 0.5) is 0 Å². The Morgan fingerprint density at radius 3 is 2.29 bits per heavy atom. The molecule has 0 saturated carbocycles. The lowest BCUT2D eigenvalue weighted by Gasteiger charge is -2.22. The summed E-state index contributed by atoms with van der Waals surface area (Å²) in [6.45, 7) is 11.0. The summed E-state index contributed by atoms with van der Waals surface area (Å²) in [7, 11) is 0. The Labute approximate surface area is 87.4 Å². The van der Waals surface area contributed by atoms with E-state index in [9.17, 15) is 4.79 Å². The molecule has 84 valence electrons. The molecule has 0 aromatic rings. The van der Waals surface area contributed by atoms with Gasteiger partial charge in [0.25, 0.3) is 0 Å². The van der Waals surface area contributed by atoms with Crippen LogP contribution in [0, 0.1) is 11.3 Å². The summed E-state index contributed by atoms with van der Waals surface area (Å²) in [5, 5.41) is 2.87. The third-order valence-corrected chi connectivity index (χ3v) is 2.35. The number of carbonyl (C=O) groups excluding carboxylic acids is 1. The van der Waals surface area contributed by atoms with Gasteiger partial charge in [-0.15, -0.1) is 0 Å². The molecule has 0 rings (SSSR count). The highest BCUT2D eigenvalue weighted by Gasteiger charge is 2.20. The molecule has 0 fully saturated rings. The number of nitrogens with two attached hydrogens (primary N) is 1. The van der Waals surface area contributed by atoms with Crippen LogP contribution >= 0.6 is 0 Å². The highest BCUT2D eigenvalue weighted by Crippen LogP contribution is 2.11. The smallest absolute Gasteiger partial charge is 0.237 e. The van der Waals surface area contributed by atoms with Gasteiger partial charge in [0.2, 0.25) is 5.91 Å². The monoisotopic (exact) mass is 200 g/mol. The van der Waals surface area contributed by atoms with Crippen LogP contribution in [0.15, 0.2) is 0 Å². The topological polar surface area (TPSA) is 55.1 Å². The maximum Gasteiger partial charge on any atom is 0.237 e. The Kier molecular flexibility index (Phi) is 5.13. The largest absolute Gasteiger partial charge is 0.354 e. The normalized spacial score (nSPS) is 16.1. The predicted molar refractivity (Wildman–Crippen MR) is 59.9 cm³/mol. The van der Waals surface area contributed by atoms with E-state index in [0.29, 0.717) is 6.54 Å². The predicted octanol–water partition coefficient (Wildman–Crippen LogP) is 1.52. The molecule has 3 heteroatoms. The molecule has 0 spiro atoms.